The molecule has 1 N–H and O–H groups in total. The Balaban J connectivity index is 1.65. The fourth-order valence-electron chi connectivity index (χ4n) is 2.61. The standard InChI is InChI=1S/C20H21ClN4OS2/c1-4-9-25-19(17-11-27-14(3)13(17)2)23-24-20(25)28-12-18(26)22-10-15-5-7-16(21)8-6-15/h4-8,11H,1,9-10,12H2,2-3H3,(H,22,26). The van der Waals surface area contributed by atoms with Gasteiger partial charge in [0.15, 0.2) is 11.0 Å². The van der Waals surface area contributed by atoms with Crippen molar-refractivity contribution < 1.29 is 4.79 Å². The second-order valence-corrected chi connectivity index (χ2v) is 8.69. The van der Waals surface area contributed by atoms with Crippen LogP contribution in [0.4, 0.5) is 0 Å². The minimum absolute atomic E-state index is 0.0581. The first-order valence-electron chi connectivity index (χ1n) is 8.72. The Bertz CT molecular complexity index is 979. The molecule has 8 heteroatoms. The van der Waals surface area contributed by atoms with E-state index in [1.54, 1.807) is 11.3 Å². The van der Waals surface area contributed by atoms with Gasteiger partial charge < -0.3 is 5.32 Å². The first-order valence-corrected chi connectivity index (χ1v) is 11.0. The van der Waals surface area contributed by atoms with Crippen LogP contribution < -0.4 is 5.32 Å². The Labute approximate surface area is 177 Å². The van der Waals surface area contributed by atoms with Crippen LogP contribution in [0.25, 0.3) is 11.4 Å². The summed E-state index contributed by atoms with van der Waals surface area (Å²) >= 11 is 8.95. The van der Waals surface area contributed by atoms with Crippen molar-refractivity contribution >= 4 is 40.6 Å². The highest BCUT2D eigenvalue weighted by Crippen LogP contribution is 2.31. The molecule has 0 atom stereocenters. The lowest BCUT2D eigenvalue weighted by molar-refractivity contribution is -0.118. The number of rotatable bonds is 8. The van der Waals surface area contributed by atoms with Gasteiger partial charge in [0, 0.05) is 33.9 Å². The lowest BCUT2D eigenvalue weighted by atomic mass is 10.1. The van der Waals surface area contributed by atoms with Gasteiger partial charge in [-0.1, -0.05) is 41.6 Å². The van der Waals surface area contributed by atoms with E-state index in [0.29, 0.717) is 23.3 Å². The minimum atomic E-state index is -0.0581. The van der Waals surface area contributed by atoms with Crippen LogP contribution in [0.3, 0.4) is 0 Å². The molecule has 1 amide bonds. The summed E-state index contributed by atoms with van der Waals surface area (Å²) in [6.45, 7) is 9.07. The van der Waals surface area contributed by atoms with Crippen molar-refractivity contribution in [2.45, 2.75) is 32.1 Å². The largest absolute Gasteiger partial charge is 0.351 e. The number of benzene rings is 1. The molecule has 2 heterocycles. The Morgan fingerprint density at radius 1 is 1.32 bits per heavy atom. The molecule has 146 valence electrons. The minimum Gasteiger partial charge on any atom is -0.351 e. The molecule has 0 aliphatic rings. The highest BCUT2D eigenvalue weighted by atomic mass is 35.5. The number of hydrogen-bond acceptors (Lipinski definition) is 5. The van der Waals surface area contributed by atoms with Crippen molar-refractivity contribution in [3.05, 3.63) is 63.3 Å². The summed E-state index contributed by atoms with van der Waals surface area (Å²) in [5.41, 5.74) is 3.29. The number of nitrogens with zero attached hydrogens (tertiary/aromatic N) is 3. The lowest BCUT2D eigenvalue weighted by Crippen LogP contribution is -2.24. The number of aryl methyl sites for hydroxylation is 1. The van der Waals surface area contributed by atoms with Crippen molar-refractivity contribution in [1.29, 1.82) is 0 Å². The van der Waals surface area contributed by atoms with Crippen LogP contribution in [-0.2, 0) is 17.9 Å². The third-order valence-electron chi connectivity index (χ3n) is 4.29. The second-order valence-electron chi connectivity index (χ2n) is 6.23. The van der Waals surface area contributed by atoms with E-state index in [9.17, 15) is 4.79 Å². The molecule has 5 nitrogen and oxygen atoms in total. The summed E-state index contributed by atoms with van der Waals surface area (Å²) in [6.07, 6.45) is 1.81. The summed E-state index contributed by atoms with van der Waals surface area (Å²) in [4.78, 5) is 13.5. The molecule has 0 aliphatic carbocycles. The summed E-state index contributed by atoms with van der Waals surface area (Å²) in [6, 6.07) is 7.41. The maximum absolute atomic E-state index is 12.2. The molecule has 0 unspecified atom stereocenters. The summed E-state index contributed by atoms with van der Waals surface area (Å²) in [7, 11) is 0. The first-order chi connectivity index (χ1) is 13.5. The summed E-state index contributed by atoms with van der Waals surface area (Å²) in [5.74, 6) is 1.02. The van der Waals surface area contributed by atoms with Gasteiger partial charge in [-0.25, -0.2) is 0 Å². The van der Waals surface area contributed by atoms with Gasteiger partial charge >= 0.3 is 0 Å². The van der Waals surface area contributed by atoms with Gasteiger partial charge in [0.25, 0.3) is 0 Å². The molecular formula is C20H21ClN4OS2. The molecule has 3 aromatic rings. The number of allylic oxidation sites excluding steroid dienone is 1. The van der Waals surface area contributed by atoms with Crippen molar-refractivity contribution in [2.75, 3.05) is 5.75 Å². The zero-order valence-electron chi connectivity index (χ0n) is 15.7. The van der Waals surface area contributed by atoms with Crippen LogP contribution in [0.15, 0.2) is 47.5 Å². The maximum Gasteiger partial charge on any atom is 0.230 e. The first kappa shape index (κ1) is 20.6. The fraction of sp³-hybridized carbons (Fsp3) is 0.250. The third-order valence-corrected chi connectivity index (χ3v) is 6.52. The Kier molecular flexibility index (Phi) is 6.93. The molecule has 0 spiro atoms. The van der Waals surface area contributed by atoms with E-state index >= 15 is 0 Å². The second kappa shape index (κ2) is 9.41. The van der Waals surface area contributed by atoms with Gasteiger partial charge in [-0.2, -0.15) is 0 Å². The molecule has 0 saturated carbocycles. The fourth-order valence-corrected chi connectivity index (χ4v) is 4.37. The quantitative estimate of drug-likeness (QED) is 0.407. The average molecular weight is 433 g/mol. The smallest absolute Gasteiger partial charge is 0.230 e. The topological polar surface area (TPSA) is 59.8 Å². The van der Waals surface area contributed by atoms with Crippen molar-refractivity contribution in [1.82, 2.24) is 20.1 Å². The predicted molar refractivity (Wildman–Crippen MR) is 117 cm³/mol. The van der Waals surface area contributed by atoms with Gasteiger partial charge in [0.05, 0.1) is 5.75 Å². The van der Waals surface area contributed by atoms with E-state index in [0.717, 1.165) is 17.0 Å². The number of nitrogens with one attached hydrogen (secondary N) is 1. The number of thioether (sulfide) groups is 1. The van der Waals surface area contributed by atoms with Gasteiger partial charge in [0.2, 0.25) is 5.91 Å². The highest BCUT2D eigenvalue weighted by Gasteiger charge is 2.18. The zero-order valence-corrected chi connectivity index (χ0v) is 18.1. The molecular weight excluding hydrogens is 412 g/mol. The molecule has 0 radical (unpaired) electrons. The Hall–Kier alpha value is -2.09. The predicted octanol–water partition coefficient (Wildman–Crippen LogP) is 4.87. The van der Waals surface area contributed by atoms with E-state index in [1.807, 2.05) is 34.9 Å². The number of aromatic nitrogens is 3. The normalized spacial score (nSPS) is 10.8. The van der Waals surface area contributed by atoms with E-state index in [4.69, 9.17) is 11.6 Å². The number of carbonyl (C=O) groups excluding carboxylic acids is 1. The molecule has 0 saturated heterocycles. The molecule has 0 bridgehead atoms. The molecule has 0 aliphatic heterocycles. The molecule has 28 heavy (non-hydrogen) atoms. The van der Waals surface area contributed by atoms with Crippen LogP contribution in [0.5, 0.6) is 0 Å². The van der Waals surface area contributed by atoms with Crippen molar-refractivity contribution in [3.8, 4) is 11.4 Å². The number of carbonyl (C=O) groups is 1. The van der Waals surface area contributed by atoms with Gasteiger partial charge in [0.1, 0.15) is 0 Å². The molecule has 3 rings (SSSR count). The number of hydrogen-bond donors (Lipinski definition) is 1. The number of thiophene rings is 1. The van der Waals surface area contributed by atoms with E-state index in [1.165, 1.54) is 22.2 Å². The van der Waals surface area contributed by atoms with Gasteiger partial charge in [-0.3, -0.25) is 9.36 Å². The summed E-state index contributed by atoms with van der Waals surface area (Å²) < 4.78 is 2.00. The van der Waals surface area contributed by atoms with Crippen LogP contribution in [-0.4, -0.2) is 26.4 Å². The maximum atomic E-state index is 12.2. The van der Waals surface area contributed by atoms with Gasteiger partial charge in [-0.15, -0.1) is 28.1 Å². The van der Waals surface area contributed by atoms with E-state index in [-0.39, 0.29) is 11.7 Å². The zero-order chi connectivity index (χ0) is 20.1. The van der Waals surface area contributed by atoms with E-state index < -0.39 is 0 Å². The van der Waals surface area contributed by atoms with Crippen LogP contribution >= 0.6 is 34.7 Å². The van der Waals surface area contributed by atoms with Crippen LogP contribution in [0.2, 0.25) is 5.02 Å². The van der Waals surface area contributed by atoms with Crippen molar-refractivity contribution in [2.24, 2.45) is 0 Å². The highest BCUT2D eigenvalue weighted by molar-refractivity contribution is 7.99. The van der Waals surface area contributed by atoms with Gasteiger partial charge in [-0.05, 0) is 37.1 Å². The lowest BCUT2D eigenvalue weighted by Gasteiger charge is -2.08. The van der Waals surface area contributed by atoms with E-state index in [2.05, 4.69) is 41.3 Å². The summed E-state index contributed by atoms with van der Waals surface area (Å²) in [5, 5.41) is 15.1. The van der Waals surface area contributed by atoms with Crippen LogP contribution in [0, 0.1) is 13.8 Å². The molecule has 2 aromatic heterocycles. The number of halogens is 1. The molecule has 0 fully saturated rings. The Morgan fingerprint density at radius 2 is 2.07 bits per heavy atom. The monoisotopic (exact) mass is 432 g/mol. The average Bonchev–Trinajstić information content (AvgIpc) is 3.23. The SMILES string of the molecule is C=CCn1c(SCC(=O)NCc2ccc(Cl)cc2)nnc1-c1csc(C)c1C. The molecule has 1 aromatic carbocycles. The number of amides is 1. The Morgan fingerprint density at radius 3 is 2.71 bits per heavy atom. The third kappa shape index (κ3) is 4.84. The van der Waals surface area contributed by atoms with Crippen LogP contribution in [0.1, 0.15) is 16.0 Å². The van der Waals surface area contributed by atoms with Crippen molar-refractivity contribution in [3.63, 3.8) is 0 Å².